The molecule has 102 valence electrons. The highest BCUT2D eigenvalue weighted by Gasteiger charge is 2.11. The van der Waals surface area contributed by atoms with Crippen LogP contribution in [-0.2, 0) is 4.79 Å². The van der Waals surface area contributed by atoms with E-state index < -0.39 is 11.9 Å². The molecule has 0 saturated heterocycles. The zero-order valence-electron chi connectivity index (χ0n) is 10.8. The number of nitrogens with zero attached hydrogens (tertiary/aromatic N) is 1. The SMILES string of the molecule is CN(C)C(=O)c1cccc(C(=O)NCCC(=O)O)c1. The molecule has 0 aromatic heterocycles. The summed E-state index contributed by atoms with van der Waals surface area (Å²) in [5, 5.41) is 11.0. The van der Waals surface area contributed by atoms with E-state index in [1.165, 1.54) is 11.0 Å². The number of hydrogen-bond acceptors (Lipinski definition) is 3. The Morgan fingerprint density at radius 2 is 1.84 bits per heavy atom. The second-order valence-corrected chi connectivity index (χ2v) is 4.18. The van der Waals surface area contributed by atoms with Crippen molar-refractivity contribution in [2.75, 3.05) is 20.6 Å². The van der Waals surface area contributed by atoms with Crippen molar-refractivity contribution in [2.45, 2.75) is 6.42 Å². The second kappa shape index (κ2) is 6.53. The van der Waals surface area contributed by atoms with Gasteiger partial charge in [-0.1, -0.05) is 6.07 Å². The minimum Gasteiger partial charge on any atom is -0.481 e. The molecule has 0 bridgehead atoms. The Morgan fingerprint density at radius 1 is 1.21 bits per heavy atom. The first-order chi connectivity index (χ1) is 8.91. The summed E-state index contributed by atoms with van der Waals surface area (Å²) in [4.78, 5) is 35.2. The summed E-state index contributed by atoms with van der Waals surface area (Å²) in [6, 6.07) is 6.29. The van der Waals surface area contributed by atoms with Gasteiger partial charge in [0.15, 0.2) is 0 Å². The summed E-state index contributed by atoms with van der Waals surface area (Å²) in [6.45, 7) is 0.0556. The van der Waals surface area contributed by atoms with Gasteiger partial charge < -0.3 is 15.3 Å². The van der Waals surface area contributed by atoms with Gasteiger partial charge in [-0.2, -0.15) is 0 Å². The largest absolute Gasteiger partial charge is 0.481 e. The minimum atomic E-state index is -0.975. The molecule has 1 rings (SSSR count). The Kier molecular flexibility index (Phi) is 5.05. The Balaban J connectivity index is 2.73. The van der Waals surface area contributed by atoms with Gasteiger partial charge in [-0.15, -0.1) is 0 Å². The number of benzene rings is 1. The lowest BCUT2D eigenvalue weighted by Crippen LogP contribution is -2.27. The highest BCUT2D eigenvalue weighted by atomic mass is 16.4. The Morgan fingerprint density at radius 3 is 2.42 bits per heavy atom. The Labute approximate surface area is 111 Å². The standard InChI is InChI=1S/C13H16N2O4/c1-15(2)13(19)10-5-3-4-9(8-10)12(18)14-7-6-11(16)17/h3-5,8H,6-7H2,1-2H3,(H,14,18)(H,16,17). The number of carboxylic acids is 1. The van der Waals surface area contributed by atoms with Crippen LogP contribution in [0.15, 0.2) is 24.3 Å². The van der Waals surface area contributed by atoms with Crippen molar-refractivity contribution in [3.8, 4) is 0 Å². The molecule has 1 aromatic rings. The summed E-state index contributed by atoms with van der Waals surface area (Å²) in [5.41, 5.74) is 0.744. The third-order valence-corrected chi connectivity index (χ3v) is 2.40. The van der Waals surface area contributed by atoms with Crippen molar-refractivity contribution in [1.82, 2.24) is 10.2 Å². The van der Waals surface area contributed by atoms with Crippen molar-refractivity contribution in [3.05, 3.63) is 35.4 Å². The highest BCUT2D eigenvalue weighted by Crippen LogP contribution is 2.07. The van der Waals surface area contributed by atoms with E-state index in [4.69, 9.17) is 5.11 Å². The Hall–Kier alpha value is -2.37. The number of rotatable bonds is 5. The van der Waals surface area contributed by atoms with Crippen LogP contribution in [0.4, 0.5) is 0 Å². The van der Waals surface area contributed by atoms with Crippen molar-refractivity contribution in [1.29, 1.82) is 0 Å². The van der Waals surface area contributed by atoms with Gasteiger partial charge in [-0.05, 0) is 18.2 Å². The van der Waals surface area contributed by atoms with E-state index in [9.17, 15) is 14.4 Å². The first-order valence-electron chi connectivity index (χ1n) is 5.73. The zero-order chi connectivity index (χ0) is 14.4. The van der Waals surface area contributed by atoms with Gasteiger partial charge in [0.25, 0.3) is 11.8 Å². The number of aliphatic carboxylic acids is 1. The van der Waals surface area contributed by atoms with Crippen LogP contribution >= 0.6 is 0 Å². The normalized spacial score (nSPS) is 9.79. The smallest absolute Gasteiger partial charge is 0.305 e. The van der Waals surface area contributed by atoms with E-state index in [1.807, 2.05) is 0 Å². The van der Waals surface area contributed by atoms with Crippen LogP contribution in [-0.4, -0.2) is 48.4 Å². The molecular weight excluding hydrogens is 248 g/mol. The van der Waals surface area contributed by atoms with Crippen LogP contribution in [0.2, 0.25) is 0 Å². The maximum atomic E-state index is 11.7. The molecule has 6 heteroatoms. The van der Waals surface area contributed by atoms with E-state index in [0.717, 1.165) is 0 Å². The predicted octanol–water partition coefficient (Wildman–Crippen LogP) is 0.593. The van der Waals surface area contributed by atoms with E-state index in [0.29, 0.717) is 11.1 Å². The van der Waals surface area contributed by atoms with Gasteiger partial charge in [0.2, 0.25) is 0 Å². The maximum Gasteiger partial charge on any atom is 0.305 e. The minimum absolute atomic E-state index is 0.0556. The monoisotopic (exact) mass is 264 g/mol. The molecule has 2 N–H and O–H groups in total. The third kappa shape index (κ3) is 4.42. The fourth-order valence-corrected chi connectivity index (χ4v) is 1.44. The van der Waals surface area contributed by atoms with E-state index in [1.54, 1.807) is 32.3 Å². The Bertz CT molecular complexity index is 497. The van der Waals surface area contributed by atoms with Crippen LogP contribution in [0.25, 0.3) is 0 Å². The van der Waals surface area contributed by atoms with E-state index >= 15 is 0 Å². The average molecular weight is 264 g/mol. The van der Waals surface area contributed by atoms with Crippen LogP contribution < -0.4 is 5.32 Å². The van der Waals surface area contributed by atoms with Crippen LogP contribution in [0, 0.1) is 0 Å². The second-order valence-electron chi connectivity index (χ2n) is 4.18. The molecule has 0 unspecified atom stereocenters. The molecular formula is C13H16N2O4. The predicted molar refractivity (Wildman–Crippen MR) is 69.0 cm³/mol. The molecule has 1 aromatic carbocycles. The number of carboxylic acid groups (broad SMARTS) is 1. The molecule has 0 saturated carbocycles. The molecule has 0 fully saturated rings. The highest BCUT2D eigenvalue weighted by molar-refractivity contribution is 5.99. The lowest BCUT2D eigenvalue weighted by Gasteiger charge is -2.11. The molecule has 0 spiro atoms. The molecule has 19 heavy (non-hydrogen) atoms. The number of amides is 2. The number of hydrogen-bond donors (Lipinski definition) is 2. The zero-order valence-corrected chi connectivity index (χ0v) is 10.8. The quantitative estimate of drug-likeness (QED) is 0.815. The van der Waals surface area contributed by atoms with Gasteiger partial charge in [-0.25, -0.2) is 0 Å². The van der Waals surface area contributed by atoms with Gasteiger partial charge in [0, 0.05) is 31.8 Å². The summed E-state index contributed by atoms with van der Waals surface area (Å²) in [5.74, 6) is -1.56. The molecule has 0 aliphatic carbocycles. The lowest BCUT2D eigenvalue weighted by molar-refractivity contribution is -0.136. The first-order valence-corrected chi connectivity index (χ1v) is 5.73. The van der Waals surface area contributed by atoms with Crippen molar-refractivity contribution >= 4 is 17.8 Å². The summed E-state index contributed by atoms with van der Waals surface area (Å²) >= 11 is 0. The number of carbonyl (C=O) groups excluding carboxylic acids is 2. The molecule has 0 aliphatic heterocycles. The lowest BCUT2D eigenvalue weighted by atomic mass is 10.1. The molecule has 0 aliphatic rings. The maximum absolute atomic E-state index is 11.7. The fourth-order valence-electron chi connectivity index (χ4n) is 1.44. The van der Waals surface area contributed by atoms with Crippen LogP contribution in [0.3, 0.4) is 0 Å². The molecule has 6 nitrogen and oxygen atoms in total. The van der Waals surface area contributed by atoms with E-state index in [2.05, 4.69) is 5.32 Å². The molecule has 0 atom stereocenters. The van der Waals surface area contributed by atoms with Crippen LogP contribution in [0.5, 0.6) is 0 Å². The van der Waals surface area contributed by atoms with Crippen LogP contribution in [0.1, 0.15) is 27.1 Å². The number of carbonyl (C=O) groups is 3. The van der Waals surface area contributed by atoms with Gasteiger partial charge >= 0.3 is 5.97 Å². The van der Waals surface area contributed by atoms with Gasteiger partial charge in [0.1, 0.15) is 0 Å². The summed E-state index contributed by atoms with van der Waals surface area (Å²) in [6.07, 6.45) is -0.137. The average Bonchev–Trinajstić information content (AvgIpc) is 2.37. The number of nitrogens with one attached hydrogen (secondary N) is 1. The molecule has 0 radical (unpaired) electrons. The van der Waals surface area contributed by atoms with Gasteiger partial charge in [-0.3, -0.25) is 14.4 Å². The molecule has 0 heterocycles. The van der Waals surface area contributed by atoms with Crippen molar-refractivity contribution in [3.63, 3.8) is 0 Å². The third-order valence-electron chi connectivity index (χ3n) is 2.40. The summed E-state index contributed by atoms with van der Waals surface area (Å²) in [7, 11) is 3.25. The van der Waals surface area contributed by atoms with Crippen molar-refractivity contribution < 1.29 is 19.5 Å². The van der Waals surface area contributed by atoms with Crippen molar-refractivity contribution in [2.24, 2.45) is 0 Å². The van der Waals surface area contributed by atoms with E-state index in [-0.39, 0.29) is 18.9 Å². The summed E-state index contributed by atoms with van der Waals surface area (Å²) < 4.78 is 0. The molecule has 2 amide bonds. The topological polar surface area (TPSA) is 86.7 Å². The van der Waals surface area contributed by atoms with Gasteiger partial charge in [0.05, 0.1) is 6.42 Å². The first kappa shape index (κ1) is 14.7. The fraction of sp³-hybridized carbons (Fsp3) is 0.308.